The first kappa shape index (κ1) is 31.3. The number of phenolic OH excluding ortho intramolecular Hbond substituents is 2. The lowest BCUT2D eigenvalue weighted by atomic mass is 10.1. The Balaban J connectivity index is 1.26. The first-order valence-corrected chi connectivity index (χ1v) is 16.5. The number of anilines is 1. The molecule has 0 saturated heterocycles. The first-order valence-electron chi connectivity index (χ1n) is 13.6. The van der Waals surface area contributed by atoms with Gasteiger partial charge in [0.1, 0.15) is 22.0 Å². The van der Waals surface area contributed by atoms with Gasteiger partial charge in [0.25, 0.3) is 20.2 Å². The average Bonchev–Trinajstić information content (AvgIpc) is 3.03. The Hall–Kier alpha value is -5.74. The van der Waals surface area contributed by atoms with E-state index >= 15 is 0 Å². The minimum Gasteiger partial charge on any atom is -0.506 e. The van der Waals surface area contributed by atoms with Crippen molar-refractivity contribution in [1.82, 2.24) is 0 Å². The second-order valence-electron chi connectivity index (χ2n) is 10.3. The molecule has 236 valence electrons. The molecule has 0 atom stereocenters. The van der Waals surface area contributed by atoms with Crippen molar-refractivity contribution < 1.29 is 36.2 Å². The van der Waals surface area contributed by atoms with Crippen LogP contribution in [0, 0.1) is 0 Å². The largest absolute Gasteiger partial charge is 0.506 e. The summed E-state index contributed by atoms with van der Waals surface area (Å²) < 4.78 is 66.7. The summed E-state index contributed by atoms with van der Waals surface area (Å²) in [4.78, 5) is -1.50. The van der Waals surface area contributed by atoms with Gasteiger partial charge < -0.3 is 15.9 Å². The number of nitrogens with two attached hydrogens (primary N) is 1. The third-order valence-electron chi connectivity index (χ3n) is 7.21. The van der Waals surface area contributed by atoms with Crippen molar-refractivity contribution in [1.29, 1.82) is 0 Å². The number of phenols is 2. The molecule has 13 nitrogen and oxygen atoms in total. The number of nitrogen functional groups attached to an aromatic ring is 1. The number of rotatable bonds is 7. The summed E-state index contributed by atoms with van der Waals surface area (Å²) in [6.45, 7) is 0. The summed E-state index contributed by atoms with van der Waals surface area (Å²) in [6.07, 6.45) is 0. The number of fused-ring (bicyclic) bond motifs is 2. The number of nitrogens with zero attached hydrogens (tertiary/aromatic N) is 4. The van der Waals surface area contributed by atoms with E-state index in [0.717, 1.165) is 40.1 Å². The summed E-state index contributed by atoms with van der Waals surface area (Å²) in [5.74, 6) is -0.757. The van der Waals surface area contributed by atoms with Crippen molar-refractivity contribution in [2.75, 3.05) is 5.73 Å². The molecule has 0 fully saturated rings. The number of hydrogen-bond donors (Lipinski definition) is 5. The fraction of sp³-hybridized carbons (Fsp3) is 0. The summed E-state index contributed by atoms with van der Waals surface area (Å²) in [5.41, 5.74) is 7.81. The normalized spacial score (nSPS) is 12.5. The van der Waals surface area contributed by atoms with Crippen LogP contribution in [-0.4, -0.2) is 36.2 Å². The van der Waals surface area contributed by atoms with Gasteiger partial charge >= 0.3 is 0 Å². The van der Waals surface area contributed by atoms with E-state index in [1.54, 1.807) is 48.5 Å². The summed E-state index contributed by atoms with van der Waals surface area (Å²) in [5, 5.41) is 38.9. The van der Waals surface area contributed by atoms with Crippen molar-refractivity contribution in [3.05, 3.63) is 103 Å². The van der Waals surface area contributed by atoms with Gasteiger partial charge in [0.2, 0.25) is 0 Å². The molecule has 0 aliphatic heterocycles. The van der Waals surface area contributed by atoms with Crippen molar-refractivity contribution >= 4 is 70.2 Å². The van der Waals surface area contributed by atoms with Crippen LogP contribution in [0.25, 0.3) is 32.7 Å². The summed E-state index contributed by atoms with van der Waals surface area (Å²) in [7, 11) is -9.70. The predicted octanol–water partition coefficient (Wildman–Crippen LogP) is 7.98. The molecule has 0 saturated carbocycles. The molecular weight excluding hydrogens is 647 g/mol. The van der Waals surface area contributed by atoms with E-state index in [1.807, 2.05) is 36.4 Å². The number of azo groups is 2. The first-order chi connectivity index (χ1) is 22.3. The Morgan fingerprint density at radius 1 is 0.574 bits per heavy atom. The minimum atomic E-state index is -4.98. The molecule has 15 heteroatoms. The molecule has 0 aliphatic carbocycles. The van der Waals surface area contributed by atoms with Crippen LogP contribution in [0.3, 0.4) is 0 Å². The van der Waals surface area contributed by atoms with E-state index in [-0.39, 0.29) is 27.9 Å². The minimum absolute atomic E-state index is 0.0183. The third-order valence-corrected chi connectivity index (χ3v) is 8.91. The number of aromatic hydroxyl groups is 2. The van der Waals surface area contributed by atoms with Crippen LogP contribution in [0.1, 0.15) is 0 Å². The second-order valence-corrected chi connectivity index (χ2v) is 13.1. The lowest BCUT2D eigenvalue weighted by molar-refractivity contribution is 0.472. The van der Waals surface area contributed by atoms with Crippen molar-refractivity contribution in [3.8, 4) is 22.6 Å². The third kappa shape index (κ3) is 6.36. The Morgan fingerprint density at radius 3 is 1.72 bits per heavy atom. The van der Waals surface area contributed by atoms with Crippen LogP contribution in [0.4, 0.5) is 28.4 Å². The molecule has 0 amide bonds. The molecular formula is C32H23N5O8S2. The van der Waals surface area contributed by atoms with Gasteiger partial charge in [-0.05, 0) is 70.4 Å². The molecule has 0 bridgehead atoms. The zero-order valence-corrected chi connectivity index (χ0v) is 25.6. The smallest absolute Gasteiger partial charge is 0.296 e. The molecule has 0 unspecified atom stereocenters. The van der Waals surface area contributed by atoms with Gasteiger partial charge in [-0.2, -0.15) is 27.1 Å². The Morgan fingerprint density at radius 2 is 1.15 bits per heavy atom. The SMILES string of the molecule is Nc1cc(S(=O)(=O)O)cc2cc(S(=O)(=O)O)c(N=Nc3ccc(-c4ccc(N=Nc5c(O)ccc6ccccc56)cc4)cc3)c(O)c12. The van der Waals surface area contributed by atoms with E-state index < -0.39 is 41.5 Å². The fourth-order valence-electron chi connectivity index (χ4n) is 4.94. The Bertz CT molecular complexity index is 2480. The predicted molar refractivity (Wildman–Crippen MR) is 175 cm³/mol. The van der Waals surface area contributed by atoms with Crippen molar-refractivity contribution in [3.63, 3.8) is 0 Å². The Labute approximate surface area is 267 Å². The average molecular weight is 670 g/mol. The van der Waals surface area contributed by atoms with Crippen LogP contribution in [0.5, 0.6) is 11.5 Å². The topological polar surface area (TPSA) is 225 Å². The zero-order chi connectivity index (χ0) is 33.5. The van der Waals surface area contributed by atoms with Gasteiger partial charge in [0.15, 0.2) is 5.75 Å². The summed E-state index contributed by atoms with van der Waals surface area (Å²) in [6, 6.07) is 27.4. The zero-order valence-electron chi connectivity index (χ0n) is 23.9. The maximum absolute atomic E-state index is 12.2. The molecule has 6 aromatic carbocycles. The molecule has 6 rings (SSSR count). The monoisotopic (exact) mass is 669 g/mol. The number of benzene rings is 6. The highest BCUT2D eigenvalue weighted by atomic mass is 32.2. The fourth-order valence-corrected chi connectivity index (χ4v) is 6.15. The Kier molecular flexibility index (Phi) is 7.90. The van der Waals surface area contributed by atoms with Gasteiger partial charge in [-0.3, -0.25) is 9.11 Å². The standard InChI is InChI=1S/C32H23N5O8S2/c33-26-17-24(46(40,41)42)15-21-16-28(47(43,44)45)31(32(39)29(21)26)37-35-23-12-7-19(8-13-23)18-5-10-22(11-6-18)34-36-30-25-4-2-1-3-20(25)9-14-27(30)38/h1-17,38-39H,33H2,(H,40,41,42)(H,43,44,45). The molecule has 0 radical (unpaired) electrons. The van der Waals surface area contributed by atoms with Gasteiger partial charge in [-0.15, -0.1) is 10.2 Å². The lowest BCUT2D eigenvalue weighted by Crippen LogP contribution is -2.02. The van der Waals surface area contributed by atoms with Crippen LogP contribution >= 0.6 is 0 Å². The maximum Gasteiger partial charge on any atom is 0.296 e. The van der Waals surface area contributed by atoms with E-state index in [2.05, 4.69) is 20.5 Å². The van der Waals surface area contributed by atoms with Crippen LogP contribution in [0.15, 0.2) is 133 Å². The van der Waals surface area contributed by atoms with Crippen LogP contribution in [0.2, 0.25) is 0 Å². The molecule has 0 heterocycles. The van der Waals surface area contributed by atoms with Gasteiger partial charge in [0, 0.05) is 16.5 Å². The molecule has 0 aliphatic rings. The van der Waals surface area contributed by atoms with Crippen molar-refractivity contribution in [2.45, 2.75) is 9.79 Å². The molecule has 0 aromatic heterocycles. The van der Waals surface area contributed by atoms with Gasteiger partial charge in [0.05, 0.1) is 16.3 Å². The van der Waals surface area contributed by atoms with Gasteiger partial charge in [-0.1, -0.05) is 54.6 Å². The van der Waals surface area contributed by atoms with E-state index in [1.165, 1.54) is 0 Å². The second kappa shape index (κ2) is 11.9. The van der Waals surface area contributed by atoms with Crippen molar-refractivity contribution in [2.24, 2.45) is 20.5 Å². The highest BCUT2D eigenvalue weighted by Crippen LogP contribution is 2.44. The molecule has 47 heavy (non-hydrogen) atoms. The van der Waals surface area contributed by atoms with E-state index in [0.29, 0.717) is 11.4 Å². The van der Waals surface area contributed by atoms with Gasteiger partial charge in [-0.25, -0.2) is 0 Å². The van der Waals surface area contributed by atoms with E-state index in [9.17, 15) is 36.2 Å². The number of hydrogen-bond acceptors (Lipinski definition) is 11. The maximum atomic E-state index is 12.2. The lowest BCUT2D eigenvalue weighted by Gasteiger charge is -2.12. The highest BCUT2D eigenvalue weighted by Gasteiger charge is 2.24. The van der Waals surface area contributed by atoms with Crippen LogP contribution < -0.4 is 5.73 Å². The molecule has 6 aromatic rings. The molecule has 6 N–H and O–H groups in total. The quantitative estimate of drug-likeness (QED) is 0.0630. The van der Waals surface area contributed by atoms with E-state index in [4.69, 9.17) is 5.73 Å². The highest BCUT2D eigenvalue weighted by molar-refractivity contribution is 7.86. The summed E-state index contributed by atoms with van der Waals surface area (Å²) >= 11 is 0. The van der Waals surface area contributed by atoms with Crippen LogP contribution in [-0.2, 0) is 20.2 Å². The molecule has 0 spiro atoms.